The number of furan rings is 1. The van der Waals surface area contributed by atoms with Gasteiger partial charge < -0.3 is 19.8 Å². The molecule has 2 aromatic heterocycles. The Balaban J connectivity index is 1.49. The van der Waals surface area contributed by atoms with Gasteiger partial charge in [-0.2, -0.15) is 0 Å². The Kier molecular flexibility index (Phi) is 5.65. The first kappa shape index (κ1) is 17.7. The molecule has 3 rings (SSSR count). The van der Waals surface area contributed by atoms with Crippen LogP contribution in [0.25, 0.3) is 10.6 Å². The van der Waals surface area contributed by atoms with E-state index in [-0.39, 0.29) is 17.6 Å². The van der Waals surface area contributed by atoms with Gasteiger partial charge in [0.15, 0.2) is 5.76 Å². The first-order valence-electron chi connectivity index (χ1n) is 7.87. The summed E-state index contributed by atoms with van der Waals surface area (Å²) in [4.78, 5) is 28.2. The Morgan fingerprint density at radius 3 is 2.50 bits per heavy atom. The number of nitrogens with zero attached hydrogens (tertiary/aromatic N) is 1. The van der Waals surface area contributed by atoms with Crippen molar-refractivity contribution in [1.82, 2.24) is 15.6 Å². The molecular formula is C18H17N3O4S. The molecular weight excluding hydrogens is 354 g/mol. The van der Waals surface area contributed by atoms with Crippen LogP contribution < -0.4 is 15.4 Å². The van der Waals surface area contributed by atoms with Crippen LogP contribution in [0.2, 0.25) is 0 Å². The molecule has 3 aromatic rings. The van der Waals surface area contributed by atoms with Crippen molar-refractivity contribution in [2.75, 3.05) is 20.2 Å². The number of carbonyl (C=O) groups is 2. The molecule has 2 N–H and O–H groups in total. The monoisotopic (exact) mass is 371 g/mol. The molecule has 8 heteroatoms. The SMILES string of the molecule is COc1ccc(-c2nc(C(=O)NCCNC(=O)c3ccco3)cs2)cc1. The van der Waals surface area contributed by atoms with Crippen molar-refractivity contribution in [3.8, 4) is 16.3 Å². The van der Waals surface area contributed by atoms with Crippen molar-refractivity contribution in [3.63, 3.8) is 0 Å². The lowest BCUT2D eigenvalue weighted by Crippen LogP contribution is -2.34. The fraction of sp³-hybridized carbons (Fsp3) is 0.167. The molecule has 0 atom stereocenters. The van der Waals surface area contributed by atoms with Crippen molar-refractivity contribution in [1.29, 1.82) is 0 Å². The highest BCUT2D eigenvalue weighted by molar-refractivity contribution is 7.13. The maximum atomic E-state index is 12.1. The van der Waals surface area contributed by atoms with Crippen LogP contribution in [-0.4, -0.2) is 37.0 Å². The molecule has 134 valence electrons. The number of ether oxygens (including phenoxy) is 1. The van der Waals surface area contributed by atoms with Crippen LogP contribution in [0.3, 0.4) is 0 Å². The lowest BCUT2D eigenvalue weighted by atomic mass is 10.2. The van der Waals surface area contributed by atoms with Crippen molar-refractivity contribution < 1.29 is 18.7 Å². The number of aromatic nitrogens is 1. The minimum atomic E-state index is -0.320. The van der Waals surface area contributed by atoms with Crippen molar-refractivity contribution in [3.05, 3.63) is 59.5 Å². The standard InChI is InChI=1S/C18H17N3O4S/c1-24-13-6-4-12(5-7-13)18-21-14(11-26-18)16(22)19-8-9-20-17(23)15-3-2-10-25-15/h2-7,10-11H,8-9H2,1H3,(H,19,22)(H,20,23). The van der Waals surface area contributed by atoms with Gasteiger partial charge in [0.2, 0.25) is 0 Å². The van der Waals surface area contributed by atoms with E-state index in [2.05, 4.69) is 15.6 Å². The summed E-state index contributed by atoms with van der Waals surface area (Å²) in [5.74, 6) is 0.396. The number of thiazole rings is 1. The molecule has 1 aromatic carbocycles. The fourth-order valence-corrected chi connectivity index (χ4v) is 2.99. The van der Waals surface area contributed by atoms with Crippen molar-refractivity contribution in [2.24, 2.45) is 0 Å². The quantitative estimate of drug-likeness (QED) is 0.623. The lowest BCUT2D eigenvalue weighted by Gasteiger charge is -2.04. The summed E-state index contributed by atoms with van der Waals surface area (Å²) in [5.41, 5.74) is 1.26. The van der Waals surface area contributed by atoms with E-state index >= 15 is 0 Å². The smallest absolute Gasteiger partial charge is 0.287 e. The lowest BCUT2D eigenvalue weighted by molar-refractivity contribution is 0.0909. The summed E-state index contributed by atoms with van der Waals surface area (Å²) in [6, 6.07) is 10.7. The highest BCUT2D eigenvalue weighted by Gasteiger charge is 2.12. The van der Waals surface area contributed by atoms with Crippen molar-refractivity contribution >= 4 is 23.2 Å². The number of methoxy groups -OCH3 is 1. The third-order valence-electron chi connectivity index (χ3n) is 3.51. The van der Waals surface area contributed by atoms with Crippen LogP contribution in [0.5, 0.6) is 5.75 Å². The Hall–Kier alpha value is -3.13. The zero-order valence-electron chi connectivity index (χ0n) is 14.0. The Morgan fingerprint density at radius 1 is 1.12 bits per heavy atom. The second-order valence-electron chi connectivity index (χ2n) is 5.26. The summed E-state index contributed by atoms with van der Waals surface area (Å²) in [6.45, 7) is 0.585. The van der Waals surface area contributed by atoms with E-state index in [9.17, 15) is 9.59 Å². The van der Waals surface area contributed by atoms with E-state index in [0.717, 1.165) is 16.3 Å². The summed E-state index contributed by atoms with van der Waals surface area (Å²) < 4.78 is 10.1. The van der Waals surface area contributed by atoms with Crippen LogP contribution in [0.1, 0.15) is 21.0 Å². The second-order valence-corrected chi connectivity index (χ2v) is 6.11. The number of hydrogen-bond acceptors (Lipinski definition) is 6. The summed E-state index contributed by atoms with van der Waals surface area (Å²) >= 11 is 1.39. The van der Waals surface area contributed by atoms with Gasteiger partial charge in [0.05, 0.1) is 13.4 Å². The number of nitrogens with one attached hydrogen (secondary N) is 2. The van der Waals surface area contributed by atoms with Crippen LogP contribution in [0.4, 0.5) is 0 Å². The minimum absolute atomic E-state index is 0.236. The predicted molar refractivity (Wildman–Crippen MR) is 97.5 cm³/mol. The van der Waals surface area contributed by atoms with Gasteiger partial charge in [0.25, 0.3) is 11.8 Å². The molecule has 0 radical (unpaired) electrons. The fourth-order valence-electron chi connectivity index (χ4n) is 2.18. The van der Waals surface area contributed by atoms with E-state index in [1.165, 1.54) is 17.6 Å². The maximum absolute atomic E-state index is 12.1. The molecule has 0 saturated carbocycles. The molecule has 0 aliphatic rings. The van der Waals surface area contributed by atoms with Gasteiger partial charge in [-0.3, -0.25) is 9.59 Å². The average molecular weight is 371 g/mol. The molecule has 0 saturated heterocycles. The molecule has 0 unspecified atom stereocenters. The van der Waals surface area contributed by atoms with Crippen LogP contribution in [0, 0.1) is 0 Å². The molecule has 7 nitrogen and oxygen atoms in total. The van der Waals surface area contributed by atoms with Crippen LogP contribution in [0.15, 0.2) is 52.5 Å². The number of amides is 2. The second kappa shape index (κ2) is 8.30. The molecule has 2 heterocycles. The first-order chi connectivity index (χ1) is 12.7. The van der Waals surface area contributed by atoms with Gasteiger partial charge in [-0.15, -0.1) is 11.3 Å². The molecule has 26 heavy (non-hydrogen) atoms. The summed E-state index contributed by atoms with van der Waals surface area (Å²) in [6.07, 6.45) is 1.43. The molecule has 0 spiro atoms. The van der Waals surface area contributed by atoms with Gasteiger partial charge in [-0.05, 0) is 36.4 Å². The highest BCUT2D eigenvalue weighted by atomic mass is 32.1. The van der Waals surface area contributed by atoms with Gasteiger partial charge in [-0.1, -0.05) is 0 Å². The third-order valence-corrected chi connectivity index (χ3v) is 4.41. The summed E-state index contributed by atoms with van der Waals surface area (Å²) in [5, 5.41) is 7.84. The zero-order valence-corrected chi connectivity index (χ0v) is 14.8. The molecule has 0 aliphatic heterocycles. The maximum Gasteiger partial charge on any atom is 0.287 e. The Bertz CT molecular complexity index is 872. The van der Waals surface area contributed by atoms with Gasteiger partial charge in [-0.25, -0.2) is 4.98 Å². The molecule has 0 aliphatic carbocycles. The van der Waals surface area contributed by atoms with E-state index < -0.39 is 0 Å². The molecule has 0 fully saturated rings. The van der Waals surface area contributed by atoms with E-state index in [1.54, 1.807) is 24.6 Å². The van der Waals surface area contributed by atoms with E-state index in [4.69, 9.17) is 9.15 Å². The number of benzene rings is 1. The minimum Gasteiger partial charge on any atom is -0.497 e. The number of hydrogen-bond donors (Lipinski definition) is 2. The van der Waals surface area contributed by atoms with Crippen LogP contribution in [-0.2, 0) is 0 Å². The molecule has 2 amide bonds. The highest BCUT2D eigenvalue weighted by Crippen LogP contribution is 2.25. The Morgan fingerprint density at radius 2 is 1.85 bits per heavy atom. The zero-order chi connectivity index (χ0) is 18.4. The number of carbonyl (C=O) groups excluding carboxylic acids is 2. The largest absolute Gasteiger partial charge is 0.497 e. The van der Waals surface area contributed by atoms with Gasteiger partial charge >= 0.3 is 0 Å². The van der Waals surface area contributed by atoms with Crippen LogP contribution >= 0.6 is 11.3 Å². The van der Waals surface area contributed by atoms with Gasteiger partial charge in [0.1, 0.15) is 16.5 Å². The molecule has 0 bridgehead atoms. The first-order valence-corrected chi connectivity index (χ1v) is 8.75. The van der Waals surface area contributed by atoms with Crippen molar-refractivity contribution in [2.45, 2.75) is 0 Å². The third kappa shape index (κ3) is 4.28. The number of rotatable bonds is 7. The summed E-state index contributed by atoms with van der Waals surface area (Å²) in [7, 11) is 1.61. The topological polar surface area (TPSA) is 93.5 Å². The van der Waals surface area contributed by atoms with E-state index in [1.807, 2.05) is 24.3 Å². The van der Waals surface area contributed by atoms with E-state index in [0.29, 0.717) is 18.8 Å². The average Bonchev–Trinajstić information content (AvgIpc) is 3.37. The van der Waals surface area contributed by atoms with Gasteiger partial charge in [0, 0.05) is 24.0 Å². The predicted octanol–water partition coefficient (Wildman–Crippen LogP) is 2.57. The Labute approximate surface area is 154 Å². The normalized spacial score (nSPS) is 10.3.